The molecule has 7 heteroatoms. The van der Waals surface area contributed by atoms with Crippen molar-refractivity contribution in [2.45, 2.75) is 44.3 Å². The van der Waals surface area contributed by atoms with Gasteiger partial charge in [0.25, 0.3) is 5.56 Å². The lowest BCUT2D eigenvalue weighted by molar-refractivity contribution is 0.487. The Morgan fingerprint density at radius 2 is 1.73 bits per heavy atom. The van der Waals surface area contributed by atoms with Crippen LogP contribution in [0, 0.1) is 13.8 Å². The summed E-state index contributed by atoms with van der Waals surface area (Å²) in [4.78, 5) is 18.0. The molecule has 0 saturated carbocycles. The van der Waals surface area contributed by atoms with Crippen LogP contribution in [0.4, 0.5) is 0 Å². The lowest BCUT2D eigenvalue weighted by atomic mass is 10.2. The van der Waals surface area contributed by atoms with E-state index in [1.54, 1.807) is 16.3 Å². The second kappa shape index (κ2) is 9.06. The highest BCUT2D eigenvalue weighted by molar-refractivity contribution is 7.98. The van der Waals surface area contributed by atoms with Crippen molar-refractivity contribution in [2.75, 3.05) is 0 Å². The third kappa shape index (κ3) is 4.30. The average molecular weight is 439 g/mol. The molecule has 4 rings (SSSR count). The highest BCUT2D eigenvalue weighted by atomic mass is 35.5. The van der Waals surface area contributed by atoms with Gasteiger partial charge in [-0.1, -0.05) is 65.8 Å². The molecule has 0 atom stereocenters. The van der Waals surface area contributed by atoms with Crippen molar-refractivity contribution in [3.8, 4) is 0 Å². The van der Waals surface area contributed by atoms with E-state index in [4.69, 9.17) is 16.6 Å². The van der Waals surface area contributed by atoms with Crippen LogP contribution in [0.1, 0.15) is 23.4 Å². The predicted octanol–water partition coefficient (Wildman–Crippen LogP) is 5.25. The van der Waals surface area contributed by atoms with E-state index in [-0.39, 0.29) is 5.56 Å². The number of hydrogen-bond donors (Lipinski definition) is 0. The Hall–Kier alpha value is -2.57. The van der Waals surface area contributed by atoms with Gasteiger partial charge in [0, 0.05) is 18.8 Å². The van der Waals surface area contributed by atoms with Gasteiger partial charge in [0.1, 0.15) is 0 Å². The molecule has 4 aromatic rings. The second-order valence-electron chi connectivity index (χ2n) is 7.20. The Morgan fingerprint density at radius 1 is 1.00 bits per heavy atom. The van der Waals surface area contributed by atoms with Gasteiger partial charge in [-0.05, 0) is 38.0 Å². The molecule has 0 unspecified atom stereocenters. The minimum Gasteiger partial charge on any atom is -0.287 e. The van der Waals surface area contributed by atoms with Crippen molar-refractivity contribution in [1.82, 2.24) is 19.3 Å². The summed E-state index contributed by atoms with van der Waals surface area (Å²) < 4.78 is 3.71. The van der Waals surface area contributed by atoms with Gasteiger partial charge < -0.3 is 0 Å². The Bertz CT molecular complexity index is 1230. The van der Waals surface area contributed by atoms with Crippen LogP contribution in [-0.2, 0) is 18.8 Å². The molecule has 0 saturated heterocycles. The van der Waals surface area contributed by atoms with Crippen LogP contribution in [0.5, 0.6) is 0 Å². The van der Waals surface area contributed by atoms with Crippen molar-refractivity contribution in [1.29, 1.82) is 0 Å². The first-order valence-electron chi connectivity index (χ1n) is 9.90. The van der Waals surface area contributed by atoms with E-state index >= 15 is 0 Å². The number of hydrogen-bond acceptors (Lipinski definition) is 4. The number of aromatic nitrogens is 4. The predicted molar refractivity (Wildman–Crippen MR) is 123 cm³/mol. The second-order valence-corrected chi connectivity index (χ2v) is 8.52. The van der Waals surface area contributed by atoms with Crippen LogP contribution in [0.2, 0.25) is 5.02 Å². The molecule has 0 bridgehead atoms. The zero-order chi connectivity index (χ0) is 21.1. The zero-order valence-electron chi connectivity index (χ0n) is 17.0. The van der Waals surface area contributed by atoms with Gasteiger partial charge in [0.15, 0.2) is 5.16 Å². The zero-order valence-corrected chi connectivity index (χ0v) is 18.6. The molecule has 30 heavy (non-hydrogen) atoms. The van der Waals surface area contributed by atoms with Crippen molar-refractivity contribution in [3.05, 3.63) is 86.9 Å². The van der Waals surface area contributed by atoms with Crippen LogP contribution < -0.4 is 5.56 Å². The van der Waals surface area contributed by atoms with E-state index in [1.165, 1.54) is 5.56 Å². The van der Waals surface area contributed by atoms with Crippen LogP contribution in [0.15, 0.2) is 64.5 Å². The lowest BCUT2D eigenvalue weighted by Crippen LogP contribution is -2.24. The molecular weight excluding hydrogens is 416 g/mol. The van der Waals surface area contributed by atoms with Gasteiger partial charge >= 0.3 is 0 Å². The molecule has 0 aliphatic carbocycles. The minimum absolute atomic E-state index is 0.00237. The third-order valence-corrected chi connectivity index (χ3v) is 6.68. The molecule has 0 radical (unpaired) electrons. The van der Waals surface area contributed by atoms with E-state index in [0.717, 1.165) is 34.2 Å². The first-order chi connectivity index (χ1) is 14.5. The molecule has 0 spiro atoms. The molecule has 0 N–H and O–H groups in total. The molecule has 0 fully saturated rings. The third-order valence-electron chi connectivity index (χ3n) is 5.08. The molecule has 154 valence electrons. The first kappa shape index (κ1) is 20.7. The summed E-state index contributed by atoms with van der Waals surface area (Å²) in [6.45, 7) is 5.14. The minimum atomic E-state index is 0.00237. The molecule has 2 heterocycles. The van der Waals surface area contributed by atoms with Gasteiger partial charge in [0.05, 0.1) is 27.3 Å². The summed E-state index contributed by atoms with van der Waals surface area (Å²) in [6.07, 6.45) is 0.761. The summed E-state index contributed by atoms with van der Waals surface area (Å²) in [6, 6.07) is 17.8. The quantitative estimate of drug-likeness (QED) is 0.292. The number of thioether (sulfide) groups is 1. The van der Waals surface area contributed by atoms with E-state index in [9.17, 15) is 4.79 Å². The van der Waals surface area contributed by atoms with Crippen LogP contribution >= 0.6 is 23.4 Å². The van der Waals surface area contributed by atoms with Gasteiger partial charge in [-0.15, -0.1) is 0 Å². The van der Waals surface area contributed by atoms with Crippen molar-refractivity contribution in [2.24, 2.45) is 0 Å². The fourth-order valence-electron chi connectivity index (χ4n) is 3.45. The largest absolute Gasteiger partial charge is 0.287 e. The number of nitrogens with zero attached hydrogens (tertiary/aromatic N) is 4. The SMILES string of the molecule is Cc1nn(CCCn2c(SCc3ccccc3)nc3ccccc3c2=O)c(C)c1Cl. The Balaban J connectivity index is 1.60. The topological polar surface area (TPSA) is 52.7 Å². The van der Waals surface area contributed by atoms with E-state index in [1.807, 2.05) is 61.0 Å². The van der Waals surface area contributed by atoms with Crippen molar-refractivity contribution in [3.63, 3.8) is 0 Å². The van der Waals surface area contributed by atoms with Crippen LogP contribution in [0.25, 0.3) is 10.9 Å². The smallest absolute Gasteiger partial charge is 0.262 e. The number of benzene rings is 2. The summed E-state index contributed by atoms with van der Waals surface area (Å²) in [5.41, 5.74) is 3.73. The Labute approximate surface area is 184 Å². The lowest BCUT2D eigenvalue weighted by Gasteiger charge is -2.13. The highest BCUT2D eigenvalue weighted by Gasteiger charge is 2.13. The number of rotatable bonds is 7. The highest BCUT2D eigenvalue weighted by Crippen LogP contribution is 2.23. The molecular formula is C23H23ClN4OS. The fraction of sp³-hybridized carbons (Fsp3) is 0.261. The maximum atomic E-state index is 13.2. The average Bonchev–Trinajstić information content (AvgIpc) is 3.01. The monoisotopic (exact) mass is 438 g/mol. The normalized spacial score (nSPS) is 11.3. The summed E-state index contributed by atoms with van der Waals surface area (Å²) in [5, 5.41) is 6.59. The van der Waals surface area contributed by atoms with Crippen molar-refractivity contribution >= 4 is 34.3 Å². The Morgan fingerprint density at radius 3 is 2.47 bits per heavy atom. The van der Waals surface area contributed by atoms with Gasteiger partial charge in [-0.25, -0.2) is 4.98 Å². The molecule has 0 aliphatic rings. The molecule has 5 nitrogen and oxygen atoms in total. The number of fused-ring (bicyclic) bond motifs is 1. The van der Waals surface area contributed by atoms with Crippen LogP contribution in [-0.4, -0.2) is 19.3 Å². The molecule has 0 aliphatic heterocycles. The van der Waals surface area contributed by atoms with E-state index in [2.05, 4.69) is 17.2 Å². The number of aryl methyl sites for hydroxylation is 2. The maximum Gasteiger partial charge on any atom is 0.262 e. The van der Waals surface area contributed by atoms with Crippen molar-refractivity contribution < 1.29 is 0 Å². The van der Waals surface area contributed by atoms with Gasteiger partial charge in [0.2, 0.25) is 0 Å². The molecule has 2 aromatic heterocycles. The Kier molecular flexibility index (Phi) is 6.25. The fourth-order valence-corrected chi connectivity index (χ4v) is 4.57. The molecule has 2 aromatic carbocycles. The standard InChI is InChI=1S/C23H23ClN4OS/c1-16-21(24)17(2)28(26-16)14-8-13-27-22(29)19-11-6-7-12-20(19)25-23(27)30-15-18-9-4-3-5-10-18/h3-7,9-12H,8,13-15H2,1-2H3. The summed E-state index contributed by atoms with van der Waals surface area (Å²) >= 11 is 7.85. The first-order valence-corrected chi connectivity index (χ1v) is 11.3. The van der Waals surface area contributed by atoms with Gasteiger partial charge in [-0.3, -0.25) is 14.0 Å². The number of halogens is 1. The van der Waals surface area contributed by atoms with E-state index in [0.29, 0.717) is 23.5 Å². The van der Waals surface area contributed by atoms with Gasteiger partial charge in [-0.2, -0.15) is 5.10 Å². The maximum absolute atomic E-state index is 13.2. The number of para-hydroxylation sites is 1. The van der Waals surface area contributed by atoms with Crippen LogP contribution in [0.3, 0.4) is 0 Å². The summed E-state index contributed by atoms with van der Waals surface area (Å²) in [5.74, 6) is 0.763. The van der Waals surface area contributed by atoms with E-state index < -0.39 is 0 Å². The summed E-state index contributed by atoms with van der Waals surface area (Å²) in [7, 11) is 0. The molecule has 0 amide bonds.